The van der Waals surface area contributed by atoms with Gasteiger partial charge >= 0.3 is 0 Å². The second-order valence-corrected chi connectivity index (χ2v) is 4.42. The Kier molecular flexibility index (Phi) is 1.59. The van der Waals surface area contributed by atoms with Crippen molar-refractivity contribution in [1.82, 2.24) is 0 Å². The van der Waals surface area contributed by atoms with E-state index in [0.717, 1.165) is 10.8 Å². The average Bonchev–Trinajstić information content (AvgIpc) is 2.63. The van der Waals surface area contributed by atoms with Crippen LogP contribution >= 0.6 is 27.5 Å². The smallest absolute Gasteiger partial charge is 0.136 e. The molecule has 0 atom stereocenters. The first-order valence-electron chi connectivity index (χ1n) is 5.35. The normalized spacial score (nSPS) is 13.2. The number of hydrogen-bond donors (Lipinski definition) is 0. The number of fused-ring (bicyclic) bond motifs is 3. The first kappa shape index (κ1) is 7.31. The van der Waals surface area contributed by atoms with Gasteiger partial charge < -0.3 is 4.42 Å². The summed E-state index contributed by atoms with van der Waals surface area (Å²) in [4.78, 5) is 0. The van der Waals surface area contributed by atoms with Crippen molar-refractivity contribution in [2.24, 2.45) is 0 Å². The minimum Gasteiger partial charge on any atom is -0.456 e. The Balaban J connectivity index is 2.62. The second kappa shape index (κ2) is 3.26. The lowest BCUT2D eigenvalue weighted by atomic mass is 10.1. The van der Waals surface area contributed by atoms with Crippen molar-refractivity contribution in [2.45, 2.75) is 0 Å². The summed E-state index contributed by atoms with van der Waals surface area (Å²) in [6.45, 7) is 0. The van der Waals surface area contributed by atoms with E-state index in [0.29, 0.717) is 26.7 Å². The maximum Gasteiger partial charge on any atom is 0.136 e. The summed E-state index contributed by atoms with van der Waals surface area (Å²) in [6.07, 6.45) is 0. The van der Waals surface area contributed by atoms with E-state index in [-0.39, 0.29) is 6.04 Å². The van der Waals surface area contributed by atoms with Gasteiger partial charge in [-0.05, 0) is 30.3 Å². The van der Waals surface area contributed by atoms with Crippen LogP contribution in [0.15, 0.2) is 45.2 Å². The van der Waals surface area contributed by atoms with E-state index in [1.165, 1.54) is 0 Å². The predicted molar refractivity (Wildman–Crippen MR) is 66.4 cm³/mol. The summed E-state index contributed by atoms with van der Waals surface area (Å²) >= 11 is 9.33. The molecule has 0 fully saturated rings. The van der Waals surface area contributed by atoms with E-state index in [4.69, 9.17) is 18.8 Å². The molecule has 0 bridgehead atoms. The van der Waals surface area contributed by atoms with Gasteiger partial charge in [-0.3, -0.25) is 0 Å². The molecule has 0 spiro atoms. The summed E-state index contributed by atoms with van der Waals surface area (Å²) in [5, 5.41) is 2.05. The van der Waals surface area contributed by atoms with Crippen molar-refractivity contribution in [1.29, 1.82) is 0 Å². The van der Waals surface area contributed by atoms with Crippen LogP contribution in [0.1, 0.15) is 2.74 Å². The third-order valence-corrected chi connectivity index (χ3v) is 3.10. The van der Waals surface area contributed by atoms with E-state index in [1.807, 2.05) is 0 Å². The fourth-order valence-electron chi connectivity index (χ4n) is 1.63. The fourth-order valence-corrected chi connectivity index (χ4v) is 2.33. The lowest BCUT2D eigenvalue weighted by Crippen LogP contribution is -1.69. The van der Waals surface area contributed by atoms with E-state index >= 15 is 0 Å². The number of furan rings is 1. The number of hydrogen-bond acceptors (Lipinski definition) is 1. The molecule has 3 heteroatoms. The lowest BCUT2D eigenvalue weighted by Gasteiger charge is -1.93. The summed E-state index contributed by atoms with van der Waals surface area (Å²) in [6, 6.07) is 7.32. The van der Waals surface area contributed by atoms with Crippen LogP contribution in [0.2, 0.25) is 5.02 Å². The van der Waals surface area contributed by atoms with E-state index in [9.17, 15) is 0 Å². The van der Waals surface area contributed by atoms with Crippen LogP contribution in [0.4, 0.5) is 0 Å². The zero-order valence-electron chi connectivity index (χ0n) is 9.47. The molecule has 1 nitrogen and oxygen atoms in total. The molecule has 0 saturated heterocycles. The molecule has 0 aliphatic heterocycles. The Morgan fingerprint density at radius 2 is 2.13 bits per heavy atom. The molecule has 0 radical (unpaired) electrons. The number of rotatable bonds is 0. The Labute approximate surface area is 103 Å². The minimum atomic E-state index is 0.252. The molecular weight excluding hydrogens is 275 g/mol. The Hall–Kier alpha value is -0.990. The van der Waals surface area contributed by atoms with Crippen molar-refractivity contribution >= 4 is 49.5 Å². The van der Waals surface area contributed by atoms with Crippen molar-refractivity contribution < 1.29 is 7.16 Å². The van der Waals surface area contributed by atoms with Crippen molar-refractivity contribution in [3.05, 3.63) is 45.8 Å². The van der Waals surface area contributed by atoms with Gasteiger partial charge in [-0.25, -0.2) is 0 Å². The van der Waals surface area contributed by atoms with Crippen LogP contribution in [-0.2, 0) is 0 Å². The molecule has 2 aromatic carbocycles. The van der Waals surface area contributed by atoms with E-state index in [1.54, 1.807) is 24.3 Å². The van der Waals surface area contributed by atoms with Gasteiger partial charge in [0.1, 0.15) is 11.2 Å². The molecule has 1 aromatic heterocycles. The summed E-state index contributed by atoms with van der Waals surface area (Å²) in [7, 11) is 0. The lowest BCUT2D eigenvalue weighted by molar-refractivity contribution is 0.669. The molecule has 3 rings (SSSR count). The van der Waals surface area contributed by atoms with Crippen LogP contribution < -0.4 is 0 Å². The fraction of sp³-hybridized carbons (Fsp3) is 0. The molecule has 0 aliphatic carbocycles. The third kappa shape index (κ3) is 1.36. The zero-order valence-corrected chi connectivity index (χ0v) is 9.82. The zero-order chi connectivity index (χ0) is 12.2. The van der Waals surface area contributed by atoms with Gasteiger partial charge in [0.15, 0.2) is 0 Å². The van der Waals surface area contributed by atoms with Crippen LogP contribution in [0.5, 0.6) is 0 Å². The average molecular weight is 284 g/mol. The van der Waals surface area contributed by atoms with Crippen molar-refractivity contribution in [3.63, 3.8) is 0 Å². The van der Waals surface area contributed by atoms with Crippen LogP contribution in [0.25, 0.3) is 21.9 Å². The molecular formula is C12H6BrClO. The molecule has 0 saturated carbocycles. The molecule has 0 aliphatic rings. The highest BCUT2D eigenvalue weighted by molar-refractivity contribution is 9.10. The standard InChI is InChI=1S/C12H6BrClO/c13-9-2-1-3-11-12(9)8-6-7(14)4-5-10(8)15-11/h1-6H/i2D,5D. The highest BCUT2D eigenvalue weighted by Gasteiger charge is 2.09. The quantitative estimate of drug-likeness (QED) is 0.566. The SMILES string of the molecule is [2H]c1ccc2oc3c([2H])cc(Cl)cc3c2c1Br. The monoisotopic (exact) mass is 282 g/mol. The van der Waals surface area contributed by atoms with Gasteiger partial charge in [-0.2, -0.15) is 0 Å². The van der Waals surface area contributed by atoms with Crippen LogP contribution in [-0.4, -0.2) is 0 Å². The minimum absolute atomic E-state index is 0.252. The molecule has 0 amide bonds. The highest BCUT2D eigenvalue weighted by atomic mass is 79.9. The highest BCUT2D eigenvalue weighted by Crippen LogP contribution is 2.35. The Morgan fingerprint density at radius 1 is 1.27 bits per heavy atom. The van der Waals surface area contributed by atoms with Crippen molar-refractivity contribution in [2.75, 3.05) is 0 Å². The molecule has 15 heavy (non-hydrogen) atoms. The van der Waals surface area contributed by atoms with Gasteiger partial charge in [-0.1, -0.05) is 33.6 Å². The van der Waals surface area contributed by atoms with Gasteiger partial charge in [0.2, 0.25) is 0 Å². The van der Waals surface area contributed by atoms with Crippen LogP contribution in [0, 0.1) is 0 Å². The first-order chi connectivity index (χ1) is 8.08. The molecule has 74 valence electrons. The number of benzene rings is 2. The Morgan fingerprint density at radius 3 is 3.00 bits per heavy atom. The third-order valence-electron chi connectivity index (χ3n) is 2.26. The maximum absolute atomic E-state index is 7.82. The van der Waals surface area contributed by atoms with E-state index < -0.39 is 0 Å². The molecule has 0 N–H and O–H groups in total. The van der Waals surface area contributed by atoms with Gasteiger partial charge in [-0.15, -0.1) is 0 Å². The van der Waals surface area contributed by atoms with Crippen molar-refractivity contribution in [3.8, 4) is 0 Å². The second-order valence-electron chi connectivity index (χ2n) is 3.19. The van der Waals surface area contributed by atoms with Gasteiger partial charge in [0.25, 0.3) is 0 Å². The maximum atomic E-state index is 7.82. The van der Waals surface area contributed by atoms with Crippen LogP contribution in [0.3, 0.4) is 0 Å². The summed E-state index contributed by atoms with van der Waals surface area (Å²) in [5.74, 6) is 0. The summed E-state index contributed by atoms with van der Waals surface area (Å²) < 4.78 is 21.9. The predicted octanol–water partition coefficient (Wildman–Crippen LogP) is 5.00. The first-order valence-corrected chi connectivity index (χ1v) is 5.52. The largest absolute Gasteiger partial charge is 0.456 e. The van der Waals surface area contributed by atoms with E-state index in [2.05, 4.69) is 15.9 Å². The number of halogens is 2. The molecule has 3 aromatic rings. The topological polar surface area (TPSA) is 13.1 Å². The molecule has 0 unspecified atom stereocenters. The van der Waals surface area contributed by atoms with Gasteiger partial charge in [0.05, 0.1) is 2.74 Å². The summed E-state index contributed by atoms with van der Waals surface area (Å²) in [5.41, 5.74) is 1.15. The Bertz CT molecular complexity index is 751. The molecule has 1 heterocycles. The van der Waals surface area contributed by atoms with Gasteiger partial charge in [0, 0.05) is 20.3 Å².